The first-order chi connectivity index (χ1) is 9.45. The van der Waals surface area contributed by atoms with E-state index in [-0.39, 0.29) is 5.91 Å². The zero-order valence-corrected chi connectivity index (χ0v) is 13.3. The van der Waals surface area contributed by atoms with E-state index in [0.29, 0.717) is 5.82 Å². The highest BCUT2D eigenvalue weighted by atomic mass is 32.2. The molecule has 0 bridgehead atoms. The van der Waals surface area contributed by atoms with Crippen LogP contribution in [0.3, 0.4) is 0 Å². The summed E-state index contributed by atoms with van der Waals surface area (Å²) in [5.74, 6) is 3.03. The van der Waals surface area contributed by atoms with Crippen LogP contribution in [0.1, 0.15) is 26.5 Å². The Morgan fingerprint density at radius 2 is 2.05 bits per heavy atom. The fourth-order valence-electron chi connectivity index (χ4n) is 1.93. The van der Waals surface area contributed by atoms with Crippen molar-refractivity contribution in [3.05, 3.63) is 23.9 Å². The van der Waals surface area contributed by atoms with Crippen molar-refractivity contribution in [3.63, 3.8) is 0 Å². The molecule has 2 rings (SSSR count). The van der Waals surface area contributed by atoms with Crippen LogP contribution in [0.2, 0.25) is 0 Å². The van der Waals surface area contributed by atoms with E-state index in [9.17, 15) is 4.79 Å². The van der Waals surface area contributed by atoms with Gasteiger partial charge in [0, 0.05) is 36.6 Å². The molecule has 1 amide bonds. The van der Waals surface area contributed by atoms with Crippen molar-refractivity contribution < 1.29 is 4.79 Å². The Hall–Kier alpha value is -1.07. The molecule has 20 heavy (non-hydrogen) atoms. The SMILES string of the molecule is CC(C)(C)C(=O)Nc1cccc(CN2CCSCC2)n1. The molecule has 4 nitrogen and oxygen atoms in total. The summed E-state index contributed by atoms with van der Waals surface area (Å²) < 4.78 is 0. The average molecular weight is 293 g/mol. The lowest BCUT2D eigenvalue weighted by molar-refractivity contribution is -0.123. The van der Waals surface area contributed by atoms with Gasteiger partial charge in [0.15, 0.2) is 0 Å². The Labute approximate surface area is 125 Å². The molecule has 0 aromatic carbocycles. The number of anilines is 1. The molecule has 0 spiro atoms. The predicted octanol–water partition coefficient (Wildman–Crippen LogP) is 2.62. The van der Waals surface area contributed by atoms with Gasteiger partial charge in [-0.05, 0) is 12.1 Å². The lowest BCUT2D eigenvalue weighted by Gasteiger charge is -2.25. The Kier molecular flexibility index (Phi) is 5.05. The number of pyridine rings is 1. The fourth-order valence-corrected chi connectivity index (χ4v) is 2.91. The van der Waals surface area contributed by atoms with E-state index in [1.165, 1.54) is 11.5 Å². The van der Waals surface area contributed by atoms with E-state index >= 15 is 0 Å². The molecule has 2 heterocycles. The van der Waals surface area contributed by atoms with Gasteiger partial charge in [0.1, 0.15) is 5.82 Å². The summed E-state index contributed by atoms with van der Waals surface area (Å²) in [5.41, 5.74) is 0.616. The van der Waals surface area contributed by atoms with Crippen LogP contribution in [0.25, 0.3) is 0 Å². The van der Waals surface area contributed by atoms with E-state index < -0.39 is 5.41 Å². The summed E-state index contributed by atoms with van der Waals surface area (Å²) >= 11 is 2.00. The zero-order chi connectivity index (χ0) is 14.6. The molecule has 0 saturated carbocycles. The Bertz CT molecular complexity index is 464. The van der Waals surface area contributed by atoms with Crippen LogP contribution in [0.15, 0.2) is 18.2 Å². The van der Waals surface area contributed by atoms with Crippen molar-refractivity contribution in [2.75, 3.05) is 29.9 Å². The number of hydrogen-bond acceptors (Lipinski definition) is 4. The van der Waals surface area contributed by atoms with Gasteiger partial charge in [-0.3, -0.25) is 9.69 Å². The van der Waals surface area contributed by atoms with Gasteiger partial charge in [0.2, 0.25) is 5.91 Å². The van der Waals surface area contributed by atoms with Crippen molar-refractivity contribution >= 4 is 23.5 Å². The van der Waals surface area contributed by atoms with Crippen molar-refractivity contribution in [3.8, 4) is 0 Å². The van der Waals surface area contributed by atoms with Gasteiger partial charge in [-0.2, -0.15) is 11.8 Å². The molecule has 1 aromatic rings. The number of amides is 1. The molecule has 0 radical (unpaired) electrons. The molecule has 0 unspecified atom stereocenters. The van der Waals surface area contributed by atoms with E-state index in [1.54, 1.807) is 0 Å². The first-order valence-corrected chi connectivity index (χ1v) is 8.18. The standard InChI is InChI=1S/C15H23N3OS/c1-15(2,3)14(19)17-13-6-4-5-12(16-13)11-18-7-9-20-10-8-18/h4-6H,7-11H2,1-3H3,(H,16,17,19). The second-order valence-corrected chi connectivity index (χ2v) is 7.33. The molecule has 110 valence electrons. The van der Waals surface area contributed by atoms with Gasteiger partial charge in [0.25, 0.3) is 0 Å². The van der Waals surface area contributed by atoms with Gasteiger partial charge >= 0.3 is 0 Å². The van der Waals surface area contributed by atoms with Crippen molar-refractivity contribution in [2.24, 2.45) is 5.41 Å². The maximum Gasteiger partial charge on any atom is 0.230 e. The second kappa shape index (κ2) is 6.59. The van der Waals surface area contributed by atoms with E-state index in [2.05, 4.69) is 15.2 Å². The van der Waals surface area contributed by atoms with Gasteiger partial charge < -0.3 is 5.32 Å². The third kappa shape index (κ3) is 4.49. The number of aromatic nitrogens is 1. The number of nitrogens with one attached hydrogen (secondary N) is 1. The highest BCUT2D eigenvalue weighted by Crippen LogP contribution is 2.17. The molecule has 1 saturated heterocycles. The van der Waals surface area contributed by atoms with Gasteiger partial charge in [0.05, 0.1) is 5.69 Å². The minimum Gasteiger partial charge on any atom is -0.310 e. The number of carbonyl (C=O) groups is 1. The zero-order valence-electron chi connectivity index (χ0n) is 12.5. The van der Waals surface area contributed by atoms with E-state index in [0.717, 1.165) is 25.3 Å². The largest absolute Gasteiger partial charge is 0.310 e. The molecule has 1 aliphatic heterocycles. The number of nitrogens with zero attached hydrogens (tertiary/aromatic N) is 2. The molecule has 0 aliphatic carbocycles. The lowest BCUT2D eigenvalue weighted by atomic mass is 9.96. The Balaban J connectivity index is 1.98. The first kappa shape index (κ1) is 15.3. The van der Waals surface area contributed by atoms with Crippen molar-refractivity contribution in [2.45, 2.75) is 27.3 Å². The summed E-state index contributed by atoms with van der Waals surface area (Å²) in [6.45, 7) is 8.79. The Morgan fingerprint density at radius 1 is 1.35 bits per heavy atom. The summed E-state index contributed by atoms with van der Waals surface area (Å²) in [6.07, 6.45) is 0. The van der Waals surface area contributed by atoms with Crippen LogP contribution in [-0.4, -0.2) is 40.4 Å². The second-order valence-electron chi connectivity index (χ2n) is 6.11. The van der Waals surface area contributed by atoms with Crippen molar-refractivity contribution in [1.29, 1.82) is 0 Å². The lowest BCUT2D eigenvalue weighted by Crippen LogP contribution is -2.32. The number of carbonyl (C=O) groups excluding carboxylic acids is 1. The Morgan fingerprint density at radius 3 is 2.70 bits per heavy atom. The summed E-state index contributed by atoms with van der Waals surface area (Å²) in [4.78, 5) is 18.9. The normalized spacial score (nSPS) is 16.9. The quantitative estimate of drug-likeness (QED) is 0.930. The summed E-state index contributed by atoms with van der Waals surface area (Å²) in [5, 5.41) is 2.89. The maximum atomic E-state index is 12.0. The summed E-state index contributed by atoms with van der Waals surface area (Å²) in [6, 6.07) is 5.83. The van der Waals surface area contributed by atoms with Crippen molar-refractivity contribution in [1.82, 2.24) is 9.88 Å². The number of rotatable bonds is 3. The van der Waals surface area contributed by atoms with Gasteiger partial charge in [-0.1, -0.05) is 26.8 Å². The predicted molar refractivity (Wildman–Crippen MR) is 84.9 cm³/mol. The van der Waals surface area contributed by atoms with Crippen LogP contribution >= 0.6 is 11.8 Å². The molecule has 1 N–H and O–H groups in total. The molecule has 5 heteroatoms. The highest BCUT2D eigenvalue weighted by molar-refractivity contribution is 7.99. The molecule has 0 atom stereocenters. The molecule has 1 aliphatic rings. The van der Waals surface area contributed by atoms with E-state index in [1.807, 2.05) is 50.7 Å². The smallest absolute Gasteiger partial charge is 0.230 e. The minimum absolute atomic E-state index is 0.00322. The minimum atomic E-state index is -0.401. The third-order valence-corrected chi connectivity index (χ3v) is 4.16. The molecular weight excluding hydrogens is 270 g/mol. The highest BCUT2D eigenvalue weighted by Gasteiger charge is 2.21. The van der Waals surface area contributed by atoms with Crippen LogP contribution < -0.4 is 5.32 Å². The fraction of sp³-hybridized carbons (Fsp3) is 0.600. The van der Waals surface area contributed by atoms with Crippen LogP contribution in [-0.2, 0) is 11.3 Å². The molecular formula is C15H23N3OS. The molecule has 1 fully saturated rings. The van der Waals surface area contributed by atoms with Gasteiger partial charge in [-0.25, -0.2) is 4.98 Å². The van der Waals surface area contributed by atoms with Crippen LogP contribution in [0, 0.1) is 5.41 Å². The monoisotopic (exact) mass is 293 g/mol. The maximum absolute atomic E-state index is 12.0. The van der Waals surface area contributed by atoms with Crippen LogP contribution in [0.4, 0.5) is 5.82 Å². The first-order valence-electron chi connectivity index (χ1n) is 7.02. The van der Waals surface area contributed by atoms with Gasteiger partial charge in [-0.15, -0.1) is 0 Å². The molecule has 1 aromatic heterocycles. The van der Waals surface area contributed by atoms with Crippen LogP contribution in [0.5, 0.6) is 0 Å². The topological polar surface area (TPSA) is 45.2 Å². The average Bonchev–Trinajstić information content (AvgIpc) is 2.39. The third-order valence-electron chi connectivity index (χ3n) is 3.22. The van der Waals surface area contributed by atoms with E-state index in [4.69, 9.17) is 0 Å². The summed E-state index contributed by atoms with van der Waals surface area (Å²) in [7, 11) is 0. The number of hydrogen-bond donors (Lipinski definition) is 1. The number of thioether (sulfide) groups is 1.